The molecule has 2 aliphatic rings. The van der Waals surface area contributed by atoms with Crippen LogP contribution < -0.4 is 9.47 Å². The zero-order valence-electron chi connectivity index (χ0n) is 19.3. The first-order chi connectivity index (χ1) is 15.2. The lowest BCUT2D eigenvalue weighted by molar-refractivity contribution is 0.147. The normalized spacial score (nSPS) is 21.8. The van der Waals surface area contributed by atoms with Crippen molar-refractivity contribution in [3.63, 3.8) is 0 Å². The standard InChI is InChI=1S/C27H37NO3/c1-29-14-11-24-22(16-23-17-26(30-2)27(31-3)18-25(23)24)15-20-9-12-28(13-10-20)19-21-7-5-4-6-8-21/h4-8,17-18,20,22,24H,9-16,19H2,1-3H3. The van der Waals surface area contributed by atoms with E-state index in [1.54, 1.807) is 14.2 Å². The number of likely N-dealkylation sites (tertiary alicyclic amines) is 1. The summed E-state index contributed by atoms with van der Waals surface area (Å²) in [6.45, 7) is 4.32. The molecular weight excluding hydrogens is 386 g/mol. The number of benzene rings is 2. The lowest BCUT2D eigenvalue weighted by Gasteiger charge is -2.34. The maximum absolute atomic E-state index is 5.60. The Hall–Kier alpha value is -2.04. The number of fused-ring (bicyclic) bond motifs is 1. The average Bonchev–Trinajstić information content (AvgIpc) is 3.14. The van der Waals surface area contributed by atoms with E-state index >= 15 is 0 Å². The molecule has 1 aliphatic carbocycles. The first kappa shape index (κ1) is 22.2. The van der Waals surface area contributed by atoms with Crippen LogP contribution >= 0.6 is 0 Å². The van der Waals surface area contributed by atoms with Gasteiger partial charge in [-0.25, -0.2) is 0 Å². The highest BCUT2D eigenvalue weighted by molar-refractivity contribution is 5.51. The van der Waals surface area contributed by atoms with E-state index in [1.807, 2.05) is 7.11 Å². The summed E-state index contributed by atoms with van der Waals surface area (Å²) in [6, 6.07) is 15.3. The van der Waals surface area contributed by atoms with Crippen molar-refractivity contribution in [3.8, 4) is 11.5 Å². The number of rotatable bonds is 9. The Morgan fingerprint density at radius 1 is 0.935 bits per heavy atom. The van der Waals surface area contributed by atoms with Gasteiger partial charge in [0.15, 0.2) is 11.5 Å². The zero-order chi connectivity index (χ0) is 21.6. The highest BCUT2D eigenvalue weighted by Crippen LogP contribution is 2.47. The zero-order valence-corrected chi connectivity index (χ0v) is 19.3. The van der Waals surface area contributed by atoms with Crippen LogP contribution in [0.5, 0.6) is 11.5 Å². The third-order valence-corrected chi connectivity index (χ3v) is 7.32. The molecule has 2 atom stereocenters. The molecule has 1 fully saturated rings. The summed E-state index contributed by atoms with van der Waals surface area (Å²) >= 11 is 0. The average molecular weight is 424 g/mol. The van der Waals surface area contributed by atoms with E-state index < -0.39 is 0 Å². The molecule has 31 heavy (non-hydrogen) atoms. The van der Waals surface area contributed by atoms with Gasteiger partial charge >= 0.3 is 0 Å². The molecule has 0 bridgehead atoms. The molecular formula is C27H37NO3. The molecule has 0 N–H and O–H groups in total. The van der Waals surface area contributed by atoms with Gasteiger partial charge in [0.25, 0.3) is 0 Å². The molecule has 4 rings (SSSR count). The van der Waals surface area contributed by atoms with E-state index in [2.05, 4.69) is 47.4 Å². The van der Waals surface area contributed by atoms with Crippen LogP contribution in [0, 0.1) is 11.8 Å². The summed E-state index contributed by atoms with van der Waals surface area (Å²) in [5, 5.41) is 0. The molecule has 2 unspecified atom stereocenters. The van der Waals surface area contributed by atoms with Gasteiger partial charge < -0.3 is 14.2 Å². The highest BCUT2D eigenvalue weighted by Gasteiger charge is 2.35. The van der Waals surface area contributed by atoms with E-state index in [0.717, 1.165) is 43.4 Å². The third kappa shape index (κ3) is 5.24. The molecule has 2 aromatic rings. The Morgan fingerprint density at radius 3 is 2.32 bits per heavy atom. The van der Waals surface area contributed by atoms with E-state index in [0.29, 0.717) is 11.8 Å². The van der Waals surface area contributed by atoms with Crippen molar-refractivity contribution in [2.75, 3.05) is 41.0 Å². The number of nitrogens with zero attached hydrogens (tertiary/aromatic N) is 1. The van der Waals surface area contributed by atoms with Crippen LogP contribution in [0.2, 0.25) is 0 Å². The van der Waals surface area contributed by atoms with Gasteiger partial charge in [-0.05, 0) is 91.8 Å². The predicted molar refractivity (Wildman–Crippen MR) is 125 cm³/mol. The predicted octanol–water partition coefficient (Wildman–Crippen LogP) is 5.30. The Bertz CT molecular complexity index is 830. The summed E-state index contributed by atoms with van der Waals surface area (Å²) in [5.74, 6) is 3.75. The number of methoxy groups -OCH3 is 3. The molecule has 4 nitrogen and oxygen atoms in total. The number of piperidine rings is 1. The minimum absolute atomic E-state index is 0.553. The fourth-order valence-corrected chi connectivity index (χ4v) is 5.67. The van der Waals surface area contributed by atoms with Gasteiger partial charge in [-0.2, -0.15) is 0 Å². The molecule has 0 amide bonds. The topological polar surface area (TPSA) is 30.9 Å². The second-order valence-corrected chi connectivity index (χ2v) is 9.20. The minimum Gasteiger partial charge on any atom is -0.493 e. The molecule has 168 valence electrons. The first-order valence-corrected chi connectivity index (χ1v) is 11.7. The van der Waals surface area contributed by atoms with Gasteiger partial charge in [-0.1, -0.05) is 30.3 Å². The molecule has 1 heterocycles. The van der Waals surface area contributed by atoms with E-state index in [4.69, 9.17) is 14.2 Å². The van der Waals surface area contributed by atoms with E-state index in [9.17, 15) is 0 Å². The SMILES string of the molecule is COCCC1c2cc(OC)c(OC)cc2CC1CC1CCN(Cc2ccccc2)CC1. The monoisotopic (exact) mass is 423 g/mol. The molecule has 1 aliphatic heterocycles. The number of ether oxygens (including phenoxy) is 3. The van der Waals surface area contributed by atoms with Crippen molar-refractivity contribution in [2.45, 2.75) is 44.6 Å². The van der Waals surface area contributed by atoms with Crippen molar-refractivity contribution >= 4 is 0 Å². The first-order valence-electron chi connectivity index (χ1n) is 11.7. The van der Waals surface area contributed by atoms with Gasteiger partial charge in [0.2, 0.25) is 0 Å². The Balaban J connectivity index is 1.39. The summed E-state index contributed by atoms with van der Waals surface area (Å²) in [5.41, 5.74) is 4.31. The smallest absolute Gasteiger partial charge is 0.161 e. The van der Waals surface area contributed by atoms with Gasteiger partial charge in [0, 0.05) is 20.3 Å². The van der Waals surface area contributed by atoms with Crippen molar-refractivity contribution in [1.29, 1.82) is 0 Å². The molecule has 4 heteroatoms. The Labute approximate surface area is 187 Å². The van der Waals surface area contributed by atoms with Gasteiger partial charge in [-0.3, -0.25) is 4.90 Å². The summed E-state index contributed by atoms with van der Waals surface area (Å²) in [7, 11) is 5.26. The van der Waals surface area contributed by atoms with Crippen molar-refractivity contribution in [3.05, 3.63) is 59.2 Å². The largest absolute Gasteiger partial charge is 0.493 e. The number of hydrogen-bond donors (Lipinski definition) is 0. The lowest BCUT2D eigenvalue weighted by Crippen LogP contribution is -2.34. The molecule has 0 saturated carbocycles. The fourth-order valence-electron chi connectivity index (χ4n) is 5.67. The van der Waals surface area contributed by atoms with Gasteiger partial charge in [0.1, 0.15) is 0 Å². The summed E-state index contributed by atoms with van der Waals surface area (Å²) < 4.78 is 16.6. The highest BCUT2D eigenvalue weighted by atomic mass is 16.5. The van der Waals surface area contributed by atoms with Crippen LogP contribution in [-0.2, 0) is 17.7 Å². The van der Waals surface area contributed by atoms with Crippen LogP contribution in [0.15, 0.2) is 42.5 Å². The number of hydrogen-bond acceptors (Lipinski definition) is 4. The summed E-state index contributed by atoms with van der Waals surface area (Å²) in [6.07, 6.45) is 6.16. The molecule has 0 aromatic heterocycles. The minimum atomic E-state index is 0.553. The van der Waals surface area contributed by atoms with Crippen molar-refractivity contribution in [1.82, 2.24) is 4.90 Å². The van der Waals surface area contributed by atoms with Crippen LogP contribution in [0.25, 0.3) is 0 Å². The van der Waals surface area contributed by atoms with Crippen LogP contribution in [0.1, 0.15) is 48.3 Å². The molecule has 1 saturated heterocycles. The van der Waals surface area contributed by atoms with Crippen LogP contribution in [0.3, 0.4) is 0 Å². The molecule has 0 spiro atoms. The maximum Gasteiger partial charge on any atom is 0.161 e. The Kier molecular flexibility index (Phi) is 7.52. The second kappa shape index (κ2) is 10.5. The maximum atomic E-state index is 5.60. The van der Waals surface area contributed by atoms with Gasteiger partial charge in [-0.15, -0.1) is 0 Å². The third-order valence-electron chi connectivity index (χ3n) is 7.32. The van der Waals surface area contributed by atoms with Crippen LogP contribution in [-0.4, -0.2) is 45.9 Å². The second-order valence-electron chi connectivity index (χ2n) is 9.20. The van der Waals surface area contributed by atoms with Crippen molar-refractivity contribution in [2.24, 2.45) is 11.8 Å². The van der Waals surface area contributed by atoms with Gasteiger partial charge in [0.05, 0.1) is 14.2 Å². The van der Waals surface area contributed by atoms with Crippen LogP contribution in [0.4, 0.5) is 0 Å². The summed E-state index contributed by atoms with van der Waals surface area (Å²) in [4.78, 5) is 2.62. The molecule has 2 aromatic carbocycles. The quantitative estimate of drug-likeness (QED) is 0.548. The Morgan fingerprint density at radius 2 is 1.65 bits per heavy atom. The lowest BCUT2D eigenvalue weighted by atomic mass is 9.80. The van der Waals surface area contributed by atoms with E-state index in [1.165, 1.54) is 49.0 Å². The molecule has 0 radical (unpaired) electrons. The van der Waals surface area contributed by atoms with E-state index in [-0.39, 0.29) is 0 Å². The van der Waals surface area contributed by atoms with Crippen molar-refractivity contribution < 1.29 is 14.2 Å². The fraction of sp³-hybridized carbons (Fsp3) is 0.556.